The molecule has 2 aromatic carbocycles. The van der Waals surface area contributed by atoms with E-state index in [4.69, 9.17) is 21.9 Å². The van der Waals surface area contributed by atoms with Gasteiger partial charge in [0.1, 0.15) is 6.04 Å². The highest BCUT2D eigenvalue weighted by molar-refractivity contribution is 7.99. The number of nitrogens with two attached hydrogens (primary N) is 3. The lowest BCUT2D eigenvalue weighted by molar-refractivity contribution is -0.137. The smallest absolute Gasteiger partial charge is 0.423 e. The monoisotopic (exact) mass is 638 g/mol. The van der Waals surface area contributed by atoms with Crippen LogP contribution in [0.4, 0.5) is 18.9 Å². The molecule has 0 aromatic heterocycles. The molecule has 1 aliphatic rings. The first-order valence-electron chi connectivity index (χ1n) is 14.0. The molecule has 0 spiro atoms. The average Bonchev–Trinajstić information content (AvgIpc) is 3.20. The highest BCUT2D eigenvalue weighted by atomic mass is 32.2. The van der Waals surface area contributed by atoms with Crippen LogP contribution in [0.5, 0.6) is 0 Å². The summed E-state index contributed by atoms with van der Waals surface area (Å²) in [7, 11) is -1.11. The van der Waals surface area contributed by atoms with E-state index in [1.54, 1.807) is 32.0 Å². The number of anilines is 1. The fourth-order valence-electron chi connectivity index (χ4n) is 4.63. The summed E-state index contributed by atoms with van der Waals surface area (Å²) in [4.78, 5) is 40.9. The van der Waals surface area contributed by atoms with Gasteiger partial charge in [-0.15, -0.1) is 11.8 Å². The van der Waals surface area contributed by atoms with Crippen LogP contribution in [0.2, 0.25) is 0 Å². The van der Waals surface area contributed by atoms with Crippen molar-refractivity contribution in [2.75, 3.05) is 37.2 Å². The third-order valence-electron chi connectivity index (χ3n) is 7.03. The molecule has 3 amide bonds. The van der Waals surface area contributed by atoms with E-state index in [0.29, 0.717) is 34.7 Å². The number of thioether (sulfide) groups is 1. The van der Waals surface area contributed by atoms with Gasteiger partial charge in [0, 0.05) is 48.9 Å². The number of carbonyl (C=O) groups excluding carboxylic acids is 3. The molecule has 44 heavy (non-hydrogen) atoms. The van der Waals surface area contributed by atoms with E-state index in [1.165, 1.54) is 17.0 Å². The maximum atomic E-state index is 13.4. The van der Waals surface area contributed by atoms with Gasteiger partial charge >= 0.3 is 13.3 Å². The van der Waals surface area contributed by atoms with Crippen molar-refractivity contribution in [3.8, 4) is 0 Å². The fourth-order valence-corrected chi connectivity index (χ4v) is 5.55. The highest BCUT2D eigenvalue weighted by Crippen LogP contribution is 2.32. The summed E-state index contributed by atoms with van der Waals surface area (Å²) in [6.45, 7) is 4.67. The van der Waals surface area contributed by atoms with Crippen LogP contribution < -0.4 is 33.3 Å². The first-order chi connectivity index (χ1) is 20.7. The Morgan fingerprint density at radius 2 is 1.70 bits per heavy atom. The number of rotatable bonds is 14. The summed E-state index contributed by atoms with van der Waals surface area (Å²) in [5.41, 5.74) is 17.2. The van der Waals surface area contributed by atoms with Crippen LogP contribution >= 0.6 is 11.8 Å². The minimum atomic E-state index is -4.49. The van der Waals surface area contributed by atoms with Gasteiger partial charge in [0.05, 0.1) is 17.2 Å². The zero-order valence-corrected chi connectivity index (χ0v) is 25.3. The van der Waals surface area contributed by atoms with Gasteiger partial charge in [0.25, 0.3) is 0 Å². The highest BCUT2D eigenvalue weighted by Gasteiger charge is 2.40. The van der Waals surface area contributed by atoms with Gasteiger partial charge in [-0.3, -0.25) is 14.4 Å². The number of nitrogens with one attached hydrogen (secondary N) is 2. The molecule has 1 heterocycles. The van der Waals surface area contributed by atoms with Gasteiger partial charge in [-0.05, 0) is 67.7 Å². The van der Waals surface area contributed by atoms with Gasteiger partial charge in [-0.25, -0.2) is 0 Å². The molecule has 0 radical (unpaired) electrons. The third-order valence-corrected chi connectivity index (χ3v) is 8.14. The number of halogens is 3. The Kier molecular flexibility index (Phi) is 12.2. The van der Waals surface area contributed by atoms with Crippen molar-refractivity contribution in [1.82, 2.24) is 10.2 Å². The van der Waals surface area contributed by atoms with E-state index in [9.17, 15) is 32.6 Å². The molecule has 16 heteroatoms. The number of benzene rings is 2. The van der Waals surface area contributed by atoms with Crippen LogP contribution in [0.25, 0.3) is 0 Å². The molecule has 0 unspecified atom stereocenters. The number of hydrogen-bond acceptors (Lipinski definition) is 9. The molecule has 9 N–H and O–H groups in total. The first-order valence-corrected chi connectivity index (χ1v) is 15.0. The summed E-state index contributed by atoms with van der Waals surface area (Å²) >= 11 is 1.07. The number of nitrogens with zero attached hydrogens (tertiary/aromatic N) is 1. The van der Waals surface area contributed by atoms with Crippen molar-refractivity contribution in [3.05, 3.63) is 53.6 Å². The molecule has 240 valence electrons. The minimum Gasteiger partial charge on any atom is -0.423 e. The van der Waals surface area contributed by atoms with Crippen molar-refractivity contribution in [2.24, 2.45) is 17.2 Å². The largest absolute Gasteiger partial charge is 0.492 e. The number of fused-ring (bicyclic) bond motifs is 1. The summed E-state index contributed by atoms with van der Waals surface area (Å²) in [5, 5.41) is 15.5. The molecule has 3 rings (SSSR count). The molecule has 0 aliphatic carbocycles. The zero-order chi connectivity index (χ0) is 32.7. The molecule has 0 bridgehead atoms. The normalized spacial score (nSPS) is 15.3. The summed E-state index contributed by atoms with van der Waals surface area (Å²) in [5.74, 6) is -1.57. The van der Waals surface area contributed by atoms with Crippen molar-refractivity contribution >= 4 is 47.8 Å². The Balaban J connectivity index is 1.72. The van der Waals surface area contributed by atoms with E-state index >= 15 is 0 Å². The lowest BCUT2D eigenvalue weighted by atomic mass is 9.78. The number of carbonyl (C=O) groups is 3. The second-order valence-corrected chi connectivity index (χ2v) is 11.9. The minimum absolute atomic E-state index is 0.00106. The molecule has 0 saturated heterocycles. The Hall–Kier alpha value is -3.15. The molecule has 2 aromatic rings. The van der Waals surface area contributed by atoms with Crippen LogP contribution in [0.15, 0.2) is 47.4 Å². The zero-order valence-electron chi connectivity index (χ0n) is 24.5. The predicted molar refractivity (Wildman–Crippen MR) is 163 cm³/mol. The third kappa shape index (κ3) is 9.43. The number of hydrogen-bond donors (Lipinski definition) is 6. The summed E-state index contributed by atoms with van der Waals surface area (Å²) < 4.78 is 44.5. The Bertz CT molecular complexity index is 1310. The predicted octanol–water partition coefficient (Wildman–Crippen LogP) is 0.727. The van der Waals surface area contributed by atoms with E-state index in [0.717, 1.165) is 23.9 Å². The SMILES string of the molecule is CC1(C)OB(O)c2ccc(NC(=O)[C@@H](CSc3ccc(C(F)(F)F)cc3)NC(=O)[C@@H](N)CCC(=O)N(CCN)CCN)cc21. The quantitative estimate of drug-likeness (QED) is 0.128. The maximum Gasteiger partial charge on any atom is 0.492 e. The topological polar surface area (TPSA) is 186 Å². The number of amides is 3. The lowest BCUT2D eigenvalue weighted by Crippen LogP contribution is -2.51. The van der Waals surface area contributed by atoms with Crippen LogP contribution in [0.3, 0.4) is 0 Å². The first kappa shape index (κ1) is 35.3. The van der Waals surface area contributed by atoms with Gasteiger partial charge in [0.2, 0.25) is 17.7 Å². The standard InChI is InChI=1S/C28H38BF3N6O5S/c1-27(2)20-15-18(5-8-21(20)29(42)43-27)36-26(41)23(16-44-19-6-3-17(4-7-19)28(30,31)32)37-25(40)22(35)9-10-24(39)38(13-11-33)14-12-34/h3-8,15,22-23,42H,9-14,16,33-35H2,1-2H3,(H,36,41)(H,37,40)/t22-,23+/m0/s1. The average molecular weight is 639 g/mol. The van der Waals surface area contributed by atoms with Crippen LogP contribution in [-0.4, -0.2) is 78.8 Å². The van der Waals surface area contributed by atoms with Crippen LogP contribution in [0, 0.1) is 0 Å². The second kappa shape index (κ2) is 15.2. The van der Waals surface area contributed by atoms with E-state index in [1.807, 2.05) is 0 Å². The molecule has 0 saturated carbocycles. The Labute approximate surface area is 258 Å². The van der Waals surface area contributed by atoms with Gasteiger partial charge < -0.3 is 42.4 Å². The van der Waals surface area contributed by atoms with Crippen molar-refractivity contribution in [2.45, 2.75) is 55.4 Å². The molecule has 2 atom stereocenters. The van der Waals surface area contributed by atoms with Gasteiger partial charge in [0.15, 0.2) is 0 Å². The van der Waals surface area contributed by atoms with Crippen LogP contribution in [0.1, 0.15) is 37.8 Å². The summed E-state index contributed by atoms with van der Waals surface area (Å²) in [6, 6.07) is 7.03. The van der Waals surface area contributed by atoms with E-state index < -0.39 is 48.4 Å². The maximum absolute atomic E-state index is 13.4. The fraction of sp³-hybridized carbons (Fsp3) is 0.464. The molecular formula is C28H38BF3N6O5S. The molecular weight excluding hydrogens is 600 g/mol. The van der Waals surface area contributed by atoms with Crippen LogP contribution in [-0.2, 0) is 30.8 Å². The Morgan fingerprint density at radius 1 is 1.07 bits per heavy atom. The lowest BCUT2D eigenvalue weighted by Gasteiger charge is -2.23. The molecule has 11 nitrogen and oxygen atoms in total. The number of alkyl halides is 3. The van der Waals surface area contributed by atoms with Crippen molar-refractivity contribution < 1.29 is 37.2 Å². The summed E-state index contributed by atoms with van der Waals surface area (Å²) in [6.07, 6.45) is -4.53. The second-order valence-electron chi connectivity index (χ2n) is 10.8. The van der Waals surface area contributed by atoms with Crippen molar-refractivity contribution in [3.63, 3.8) is 0 Å². The van der Waals surface area contributed by atoms with Crippen molar-refractivity contribution in [1.29, 1.82) is 0 Å². The van der Waals surface area contributed by atoms with E-state index in [2.05, 4.69) is 10.6 Å². The van der Waals surface area contributed by atoms with E-state index in [-0.39, 0.29) is 37.6 Å². The van der Waals surface area contributed by atoms with Gasteiger partial charge in [-0.1, -0.05) is 6.07 Å². The van der Waals surface area contributed by atoms with Gasteiger partial charge in [-0.2, -0.15) is 13.2 Å². The Morgan fingerprint density at radius 3 is 2.30 bits per heavy atom. The molecule has 1 aliphatic heterocycles. The molecule has 0 fully saturated rings.